The molecule has 0 bridgehead atoms. The number of aliphatic hydroxyl groups is 1. The highest BCUT2D eigenvalue weighted by Gasteiger charge is 2.39. The molecule has 0 saturated heterocycles. The largest absolute Gasteiger partial charge is 0.387 e. The van der Waals surface area contributed by atoms with E-state index < -0.39 is 11.5 Å². The van der Waals surface area contributed by atoms with Gasteiger partial charge >= 0.3 is 0 Å². The predicted octanol–water partition coefficient (Wildman–Crippen LogP) is 4.12. The third-order valence-electron chi connectivity index (χ3n) is 4.64. The maximum atomic E-state index is 10.9. The summed E-state index contributed by atoms with van der Waals surface area (Å²) in [6, 6.07) is 10.2. The average molecular weight is 287 g/mol. The third-order valence-corrected chi connectivity index (χ3v) is 4.64. The minimum atomic E-state index is -0.730. The van der Waals surface area contributed by atoms with Crippen molar-refractivity contribution in [1.82, 2.24) is 0 Å². The SMILES string of the molecule is COCc1ccccc1C(O)C1(C#N)CCCCCCC1. The van der Waals surface area contributed by atoms with Crippen molar-refractivity contribution in [3.8, 4) is 6.07 Å². The van der Waals surface area contributed by atoms with E-state index in [1.165, 1.54) is 6.42 Å². The lowest BCUT2D eigenvalue weighted by molar-refractivity contribution is 0.0413. The quantitative estimate of drug-likeness (QED) is 0.906. The molecule has 1 unspecified atom stereocenters. The van der Waals surface area contributed by atoms with Crippen molar-refractivity contribution in [1.29, 1.82) is 5.26 Å². The van der Waals surface area contributed by atoms with Crippen LogP contribution < -0.4 is 0 Å². The van der Waals surface area contributed by atoms with Crippen LogP contribution in [-0.2, 0) is 11.3 Å². The Bertz CT molecular complexity index is 484. The molecule has 1 aliphatic carbocycles. The van der Waals surface area contributed by atoms with Crippen LogP contribution in [-0.4, -0.2) is 12.2 Å². The summed E-state index contributed by atoms with van der Waals surface area (Å²) in [7, 11) is 1.65. The van der Waals surface area contributed by atoms with E-state index in [0.717, 1.165) is 49.7 Å². The van der Waals surface area contributed by atoms with E-state index in [1.54, 1.807) is 7.11 Å². The van der Waals surface area contributed by atoms with Gasteiger partial charge in [0.05, 0.1) is 24.2 Å². The summed E-state index contributed by atoms with van der Waals surface area (Å²) in [5.41, 5.74) is 1.18. The van der Waals surface area contributed by atoms with Crippen molar-refractivity contribution in [2.45, 2.75) is 57.7 Å². The van der Waals surface area contributed by atoms with Crippen molar-refractivity contribution in [3.05, 3.63) is 35.4 Å². The van der Waals surface area contributed by atoms with E-state index in [4.69, 9.17) is 4.74 Å². The summed E-state index contributed by atoms with van der Waals surface area (Å²) >= 11 is 0. The van der Waals surface area contributed by atoms with Crippen LogP contribution in [0.1, 0.15) is 62.2 Å². The number of aliphatic hydroxyl groups excluding tert-OH is 1. The zero-order valence-electron chi connectivity index (χ0n) is 12.8. The summed E-state index contributed by atoms with van der Waals surface area (Å²) < 4.78 is 5.22. The maximum Gasteiger partial charge on any atom is 0.0979 e. The first-order chi connectivity index (χ1) is 10.2. The molecule has 0 spiro atoms. The highest BCUT2D eigenvalue weighted by atomic mass is 16.5. The van der Waals surface area contributed by atoms with Gasteiger partial charge in [-0.15, -0.1) is 0 Å². The van der Waals surface area contributed by atoms with Gasteiger partial charge in [0.15, 0.2) is 0 Å². The van der Waals surface area contributed by atoms with E-state index in [0.29, 0.717) is 6.61 Å². The summed E-state index contributed by atoms with van der Waals surface area (Å²) in [5, 5.41) is 20.7. The number of benzene rings is 1. The molecule has 1 aromatic rings. The second-order valence-corrected chi connectivity index (χ2v) is 6.07. The van der Waals surface area contributed by atoms with Gasteiger partial charge in [-0.1, -0.05) is 56.4 Å². The Balaban J connectivity index is 2.30. The fourth-order valence-corrected chi connectivity index (χ4v) is 3.37. The number of nitrogens with zero attached hydrogens (tertiary/aromatic N) is 1. The van der Waals surface area contributed by atoms with Gasteiger partial charge in [0.25, 0.3) is 0 Å². The Hall–Kier alpha value is -1.37. The molecule has 0 heterocycles. The third kappa shape index (κ3) is 3.64. The zero-order valence-corrected chi connectivity index (χ0v) is 12.8. The number of nitriles is 1. The van der Waals surface area contributed by atoms with Gasteiger partial charge in [-0.2, -0.15) is 5.26 Å². The molecule has 3 nitrogen and oxygen atoms in total. The van der Waals surface area contributed by atoms with E-state index in [-0.39, 0.29) is 0 Å². The van der Waals surface area contributed by atoms with Gasteiger partial charge in [0.1, 0.15) is 0 Å². The number of hydrogen-bond donors (Lipinski definition) is 1. The van der Waals surface area contributed by atoms with E-state index >= 15 is 0 Å². The van der Waals surface area contributed by atoms with Crippen LogP contribution in [0.15, 0.2) is 24.3 Å². The van der Waals surface area contributed by atoms with Crippen LogP contribution in [0.5, 0.6) is 0 Å². The first-order valence-corrected chi connectivity index (χ1v) is 7.89. The Kier molecular flexibility index (Phi) is 5.78. The first kappa shape index (κ1) is 16.0. The van der Waals surface area contributed by atoms with E-state index in [2.05, 4.69) is 6.07 Å². The van der Waals surface area contributed by atoms with E-state index in [1.807, 2.05) is 24.3 Å². The molecule has 1 aromatic carbocycles. The summed E-state index contributed by atoms with van der Waals surface area (Å²) in [4.78, 5) is 0. The molecule has 0 aliphatic heterocycles. The van der Waals surface area contributed by atoms with Crippen LogP contribution in [0.25, 0.3) is 0 Å². The van der Waals surface area contributed by atoms with Crippen LogP contribution in [0, 0.1) is 16.7 Å². The lowest BCUT2D eigenvalue weighted by Crippen LogP contribution is -2.29. The molecule has 21 heavy (non-hydrogen) atoms. The van der Waals surface area contributed by atoms with Gasteiger partial charge in [0, 0.05) is 7.11 Å². The number of ether oxygens (including phenoxy) is 1. The van der Waals surface area contributed by atoms with Crippen LogP contribution >= 0.6 is 0 Å². The molecule has 114 valence electrons. The van der Waals surface area contributed by atoms with Crippen molar-refractivity contribution in [3.63, 3.8) is 0 Å². The molecule has 1 saturated carbocycles. The van der Waals surface area contributed by atoms with Crippen molar-refractivity contribution >= 4 is 0 Å². The lowest BCUT2D eigenvalue weighted by Gasteiger charge is -2.34. The number of rotatable bonds is 4. The second-order valence-electron chi connectivity index (χ2n) is 6.07. The topological polar surface area (TPSA) is 53.2 Å². The Morgan fingerprint density at radius 1 is 1.19 bits per heavy atom. The van der Waals surface area contributed by atoms with Gasteiger partial charge in [-0.3, -0.25) is 0 Å². The van der Waals surface area contributed by atoms with Gasteiger partial charge in [-0.05, 0) is 24.0 Å². The number of hydrogen-bond acceptors (Lipinski definition) is 3. The molecule has 1 atom stereocenters. The molecule has 0 amide bonds. The predicted molar refractivity (Wildman–Crippen MR) is 82.5 cm³/mol. The Labute approximate surface area is 127 Å². The molecule has 0 aromatic heterocycles. The van der Waals surface area contributed by atoms with Crippen molar-refractivity contribution < 1.29 is 9.84 Å². The first-order valence-electron chi connectivity index (χ1n) is 7.89. The van der Waals surface area contributed by atoms with Gasteiger partial charge in [0.2, 0.25) is 0 Å². The fraction of sp³-hybridized carbons (Fsp3) is 0.611. The molecule has 1 N–H and O–H groups in total. The standard InChI is InChI=1S/C18H25NO2/c1-21-13-15-9-5-6-10-16(15)17(20)18(14-19)11-7-3-2-4-8-12-18/h5-6,9-10,17,20H,2-4,7-8,11-13H2,1H3. The molecule has 1 aliphatic rings. The molecular formula is C18H25NO2. The van der Waals surface area contributed by atoms with Crippen LogP contribution in [0.2, 0.25) is 0 Å². The normalized spacial score (nSPS) is 20.0. The molecule has 2 rings (SSSR count). The minimum absolute atomic E-state index is 0.467. The smallest absolute Gasteiger partial charge is 0.0979 e. The molecule has 1 fully saturated rings. The van der Waals surface area contributed by atoms with Gasteiger partial charge < -0.3 is 9.84 Å². The van der Waals surface area contributed by atoms with Crippen LogP contribution in [0.4, 0.5) is 0 Å². The molecule has 0 radical (unpaired) electrons. The summed E-state index contributed by atoms with van der Waals surface area (Å²) in [5.74, 6) is 0. The fourth-order valence-electron chi connectivity index (χ4n) is 3.37. The Morgan fingerprint density at radius 3 is 2.43 bits per heavy atom. The van der Waals surface area contributed by atoms with Crippen molar-refractivity contribution in [2.24, 2.45) is 5.41 Å². The number of methoxy groups -OCH3 is 1. The zero-order chi connectivity index (χ0) is 15.1. The molecule has 3 heteroatoms. The van der Waals surface area contributed by atoms with Crippen molar-refractivity contribution in [2.75, 3.05) is 7.11 Å². The minimum Gasteiger partial charge on any atom is -0.387 e. The average Bonchev–Trinajstić information content (AvgIpc) is 2.48. The monoisotopic (exact) mass is 287 g/mol. The van der Waals surface area contributed by atoms with Gasteiger partial charge in [-0.25, -0.2) is 0 Å². The van der Waals surface area contributed by atoms with Crippen LogP contribution in [0.3, 0.4) is 0 Å². The molecular weight excluding hydrogens is 262 g/mol. The summed E-state index contributed by atoms with van der Waals surface area (Å²) in [6.07, 6.45) is 6.46. The van der Waals surface area contributed by atoms with E-state index in [9.17, 15) is 10.4 Å². The second kappa shape index (κ2) is 7.59. The highest BCUT2D eigenvalue weighted by Crippen LogP contribution is 2.44. The summed E-state index contributed by atoms with van der Waals surface area (Å²) in [6.45, 7) is 0.467. The highest BCUT2D eigenvalue weighted by molar-refractivity contribution is 5.31. The lowest BCUT2D eigenvalue weighted by atomic mass is 9.70. The maximum absolute atomic E-state index is 10.9. The Morgan fingerprint density at radius 2 is 1.81 bits per heavy atom.